The lowest BCUT2D eigenvalue weighted by Crippen LogP contribution is -2.49. The van der Waals surface area contributed by atoms with E-state index in [4.69, 9.17) is 0 Å². The summed E-state index contributed by atoms with van der Waals surface area (Å²) < 4.78 is 0. The fourth-order valence-electron chi connectivity index (χ4n) is 8.72. The summed E-state index contributed by atoms with van der Waals surface area (Å²) in [6.45, 7) is 14.6. The quantitative estimate of drug-likeness (QED) is 0.481. The van der Waals surface area contributed by atoms with Gasteiger partial charge in [-0.1, -0.05) is 50.5 Å². The van der Waals surface area contributed by atoms with Crippen molar-refractivity contribution in [2.45, 2.75) is 112 Å². The van der Waals surface area contributed by atoms with E-state index in [1.165, 1.54) is 63.4 Å². The summed E-state index contributed by atoms with van der Waals surface area (Å²) in [5, 5.41) is 10.5. The third kappa shape index (κ3) is 3.48. The molecule has 0 radical (unpaired) electrons. The van der Waals surface area contributed by atoms with E-state index in [0.717, 1.165) is 24.2 Å². The second kappa shape index (κ2) is 7.85. The van der Waals surface area contributed by atoms with Crippen LogP contribution in [-0.2, 0) is 0 Å². The molecule has 8 atom stereocenters. The van der Waals surface area contributed by atoms with E-state index in [2.05, 4.69) is 47.6 Å². The van der Waals surface area contributed by atoms with E-state index in [1.807, 2.05) is 11.1 Å². The molecule has 1 heteroatoms. The second-order valence-corrected chi connectivity index (χ2v) is 12.1. The summed E-state index contributed by atoms with van der Waals surface area (Å²) >= 11 is 0. The fourth-order valence-corrected chi connectivity index (χ4v) is 8.72. The minimum Gasteiger partial charge on any atom is -0.393 e. The van der Waals surface area contributed by atoms with Crippen LogP contribution in [0.1, 0.15) is 106 Å². The van der Waals surface area contributed by atoms with E-state index in [-0.39, 0.29) is 6.10 Å². The van der Waals surface area contributed by atoms with Gasteiger partial charge in [0.15, 0.2) is 0 Å². The molecule has 0 saturated heterocycles. The summed E-state index contributed by atoms with van der Waals surface area (Å²) in [4.78, 5) is 0. The van der Waals surface area contributed by atoms with Gasteiger partial charge in [0.05, 0.1) is 6.10 Å². The first kappa shape index (κ1) is 21.7. The Hall–Kier alpha value is -0.560. The third-order valence-corrected chi connectivity index (χ3v) is 10.4. The number of allylic oxidation sites excluding steroid dienone is 4. The first-order valence-corrected chi connectivity index (χ1v) is 12.7. The topological polar surface area (TPSA) is 20.2 Å². The van der Waals surface area contributed by atoms with Crippen LogP contribution in [0.2, 0.25) is 0 Å². The summed E-state index contributed by atoms with van der Waals surface area (Å²) in [5.41, 5.74) is 6.15. The van der Waals surface area contributed by atoms with Crippen LogP contribution >= 0.6 is 0 Å². The van der Waals surface area contributed by atoms with Gasteiger partial charge in [-0.3, -0.25) is 0 Å². The molecule has 0 aromatic carbocycles. The molecular formula is C28H46O. The Bertz CT molecular complexity index is 682. The van der Waals surface area contributed by atoms with Crippen molar-refractivity contribution in [1.82, 2.24) is 0 Å². The Morgan fingerprint density at radius 3 is 2.59 bits per heavy atom. The molecule has 0 heterocycles. The summed E-state index contributed by atoms with van der Waals surface area (Å²) in [5.74, 6) is 3.78. The fraction of sp³-hybridized carbons (Fsp3) is 0.857. The Kier molecular flexibility index (Phi) is 5.86. The van der Waals surface area contributed by atoms with Crippen LogP contribution in [0.5, 0.6) is 0 Å². The van der Waals surface area contributed by atoms with Crippen LogP contribution in [0.15, 0.2) is 22.8 Å². The van der Waals surface area contributed by atoms with E-state index in [0.29, 0.717) is 22.7 Å². The Morgan fingerprint density at radius 1 is 1.10 bits per heavy atom. The highest BCUT2D eigenvalue weighted by molar-refractivity contribution is 5.34. The zero-order valence-electron chi connectivity index (χ0n) is 20.1. The third-order valence-electron chi connectivity index (χ3n) is 10.4. The standard InChI is InChI=1S/C28H46O/c1-18(2)8-7-9-19(3)22-12-13-24-21-10-11-23-20(4)26(29)15-17-28(23,6)25(21)14-16-27(22,24)5/h8,19-20,22-24,26,29H,7,9-17H2,1-6H3/t19-,20+,22?,23?,24?,26+,27+,28+/m1/s1. The average molecular weight is 399 g/mol. The van der Waals surface area contributed by atoms with Gasteiger partial charge in [-0.25, -0.2) is 0 Å². The van der Waals surface area contributed by atoms with Gasteiger partial charge < -0.3 is 5.11 Å². The Balaban J connectivity index is 1.57. The molecule has 0 aliphatic heterocycles. The van der Waals surface area contributed by atoms with Crippen molar-refractivity contribution >= 4 is 0 Å². The van der Waals surface area contributed by atoms with Gasteiger partial charge in [0.25, 0.3) is 0 Å². The van der Waals surface area contributed by atoms with Crippen molar-refractivity contribution in [2.24, 2.45) is 40.4 Å². The van der Waals surface area contributed by atoms with E-state index < -0.39 is 0 Å². The first-order valence-electron chi connectivity index (χ1n) is 12.7. The van der Waals surface area contributed by atoms with Crippen molar-refractivity contribution in [3.8, 4) is 0 Å². The number of rotatable bonds is 4. The minimum absolute atomic E-state index is 0.0680. The molecule has 4 rings (SSSR count). The van der Waals surface area contributed by atoms with Crippen LogP contribution in [0.25, 0.3) is 0 Å². The average Bonchev–Trinajstić information content (AvgIpc) is 3.02. The van der Waals surface area contributed by atoms with Crippen molar-refractivity contribution in [2.75, 3.05) is 0 Å². The first-order chi connectivity index (χ1) is 13.7. The number of hydrogen-bond donors (Lipinski definition) is 1. The lowest BCUT2D eigenvalue weighted by Gasteiger charge is -2.56. The molecule has 4 aliphatic carbocycles. The molecule has 29 heavy (non-hydrogen) atoms. The van der Waals surface area contributed by atoms with Crippen LogP contribution in [0.4, 0.5) is 0 Å². The van der Waals surface area contributed by atoms with Crippen LogP contribution < -0.4 is 0 Å². The van der Waals surface area contributed by atoms with Gasteiger partial charge in [0.1, 0.15) is 0 Å². The lowest BCUT2D eigenvalue weighted by atomic mass is 9.49. The monoisotopic (exact) mass is 398 g/mol. The number of aliphatic hydroxyl groups is 1. The Labute approximate surface area is 180 Å². The zero-order chi connectivity index (χ0) is 21.0. The van der Waals surface area contributed by atoms with E-state index in [1.54, 1.807) is 0 Å². The summed E-state index contributed by atoms with van der Waals surface area (Å²) in [6, 6.07) is 0. The molecule has 1 N–H and O–H groups in total. The van der Waals surface area contributed by atoms with Crippen LogP contribution in [0.3, 0.4) is 0 Å². The molecule has 1 nitrogen and oxygen atoms in total. The molecule has 4 aliphatic rings. The van der Waals surface area contributed by atoms with Crippen LogP contribution in [0, 0.1) is 40.4 Å². The van der Waals surface area contributed by atoms with E-state index >= 15 is 0 Å². The number of fused-ring (bicyclic) bond motifs is 4. The molecule has 0 spiro atoms. The molecule has 164 valence electrons. The van der Waals surface area contributed by atoms with Crippen molar-refractivity contribution < 1.29 is 5.11 Å². The Morgan fingerprint density at radius 2 is 1.86 bits per heavy atom. The molecule has 0 bridgehead atoms. The highest BCUT2D eigenvalue weighted by Crippen LogP contribution is 2.66. The summed E-state index contributed by atoms with van der Waals surface area (Å²) in [7, 11) is 0. The normalized spacial score (nSPS) is 45.3. The van der Waals surface area contributed by atoms with Gasteiger partial charge in [-0.15, -0.1) is 0 Å². The van der Waals surface area contributed by atoms with Gasteiger partial charge in [0, 0.05) is 0 Å². The molecule has 2 fully saturated rings. The number of hydrogen-bond acceptors (Lipinski definition) is 1. The molecule has 0 amide bonds. The molecule has 0 aromatic heterocycles. The van der Waals surface area contributed by atoms with Gasteiger partial charge >= 0.3 is 0 Å². The largest absolute Gasteiger partial charge is 0.393 e. The van der Waals surface area contributed by atoms with Crippen molar-refractivity contribution in [3.05, 3.63) is 22.8 Å². The van der Waals surface area contributed by atoms with E-state index in [9.17, 15) is 5.11 Å². The minimum atomic E-state index is -0.0680. The predicted molar refractivity (Wildman–Crippen MR) is 124 cm³/mol. The van der Waals surface area contributed by atoms with Crippen molar-refractivity contribution in [1.29, 1.82) is 0 Å². The maximum absolute atomic E-state index is 10.5. The smallest absolute Gasteiger partial charge is 0.0569 e. The van der Waals surface area contributed by atoms with Gasteiger partial charge in [0.2, 0.25) is 0 Å². The second-order valence-electron chi connectivity index (χ2n) is 12.1. The zero-order valence-corrected chi connectivity index (χ0v) is 20.1. The predicted octanol–water partition coefficient (Wildman–Crippen LogP) is 7.70. The lowest BCUT2D eigenvalue weighted by molar-refractivity contribution is -0.0336. The maximum Gasteiger partial charge on any atom is 0.0569 e. The molecule has 3 unspecified atom stereocenters. The molecule has 0 aromatic rings. The highest BCUT2D eigenvalue weighted by Gasteiger charge is 2.56. The van der Waals surface area contributed by atoms with Gasteiger partial charge in [-0.2, -0.15) is 0 Å². The summed E-state index contributed by atoms with van der Waals surface area (Å²) in [6.07, 6.45) is 15.5. The SMILES string of the molecule is CC(C)=CCC[C@@H](C)C1CCC2C3=C(CC[C@]21C)[C@@]1(C)CC[C@H](O)[C@@H](C)C1CC3. The van der Waals surface area contributed by atoms with Crippen molar-refractivity contribution in [3.63, 3.8) is 0 Å². The highest BCUT2D eigenvalue weighted by atomic mass is 16.3. The molecular weight excluding hydrogens is 352 g/mol. The molecule has 2 saturated carbocycles. The maximum atomic E-state index is 10.5. The van der Waals surface area contributed by atoms with Gasteiger partial charge in [-0.05, 0) is 118 Å². The van der Waals surface area contributed by atoms with Crippen LogP contribution in [-0.4, -0.2) is 11.2 Å². The number of aliphatic hydroxyl groups excluding tert-OH is 1.